The summed E-state index contributed by atoms with van der Waals surface area (Å²) in [6, 6.07) is 19.2. The minimum atomic E-state index is -0.406. The molecule has 7 heteroatoms. The highest BCUT2D eigenvalue weighted by Gasteiger charge is 2.18. The van der Waals surface area contributed by atoms with E-state index in [0.29, 0.717) is 28.3 Å². The Kier molecular flexibility index (Phi) is 6.52. The van der Waals surface area contributed by atoms with Crippen molar-refractivity contribution in [2.75, 3.05) is 5.32 Å². The molecule has 0 saturated heterocycles. The minimum absolute atomic E-state index is 0.0940. The zero-order chi connectivity index (χ0) is 22.3. The predicted molar refractivity (Wildman–Crippen MR) is 118 cm³/mol. The quantitative estimate of drug-likeness (QED) is 0.569. The first kappa shape index (κ1) is 21.2. The van der Waals surface area contributed by atoms with Gasteiger partial charge in [0.2, 0.25) is 0 Å². The van der Waals surface area contributed by atoms with Crippen LogP contribution in [0.2, 0.25) is 0 Å². The van der Waals surface area contributed by atoms with Gasteiger partial charge in [0.15, 0.2) is 5.76 Å². The molecule has 2 amide bonds. The van der Waals surface area contributed by atoms with Crippen LogP contribution in [-0.4, -0.2) is 17.9 Å². The maximum Gasteiger partial charge on any atom is 0.291 e. The molecule has 0 bridgehead atoms. The number of carbonyl (C=O) groups excluding carboxylic acids is 2. The molecule has 3 aromatic rings. The monoisotopic (exact) mass is 429 g/mol. The Morgan fingerprint density at radius 2 is 1.75 bits per heavy atom. The number of hydrogen-bond acceptors (Lipinski definition) is 5. The summed E-state index contributed by atoms with van der Waals surface area (Å²) in [4.78, 5) is 24.8. The molecule has 1 aromatic heterocycles. The van der Waals surface area contributed by atoms with Gasteiger partial charge in [-0.25, -0.2) is 0 Å². The average molecular weight is 429 g/mol. The van der Waals surface area contributed by atoms with E-state index in [4.69, 9.17) is 14.4 Å². The summed E-state index contributed by atoms with van der Waals surface area (Å²) in [5, 5.41) is 14.9. The molecule has 32 heavy (non-hydrogen) atoms. The number of nitrogens with zero attached hydrogens (tertiary/aromatic N) is 1. The second-order valence-corrected chi connectivity index (χ2v) is 7.65. The van der Waals surface area contributed by atoms with Crippen LogP contribution in [0.25, 0.3) is 0 Å². The Morgan fingerprint density at radius 1 is 1.00 bits per heavy atom. The summed E-state index contributed by atoms with van der Waals surface area (Å²) in [6.07, 6.45) is 4.37. The SMILES string of the molecule is N#Cc1ccccc1OCc1ccc(C(=O)Nc2ccc(C(=O)NC3CCCC3)cc2)o1. The van der Waals surface area contributed by atoms with Gasteiger partial charge >= 0.3 is 0 Å². The van der Waals surface area contributed by atoms with Crippen molar-refractivity contribution in [3.63, 3.8) is 0 Å². The van der Waals surface area contributed by atoms with Crippen molar-refractivity contribution >= 4 is 17.5 Å². The number of nitrogens with one attached hydrogen (secondary N) is 2. The van der Waals surface area contributed by atoms with E-state index in [-0.39, 0.29) is 24.3 Å². The molecule has 0 radical (unpaired) electrons. The van der Waals surface area contributed by atoms with Crippen LogP contribution in [0.3, 0.4) is 0 Å². The van der Waals surface area contributed by atoms with Crippen LogP contribution in [0.15, 0.2) is 65.1 Å². The number of anilines is 1. The van der Waals surface area contributed by atoms with Gasteiger partial charge in [-0.15, -0.1) is 0 Å². The van der Waals surface area contributed by atoms with Crippen LogP contribution in [0.4, 0.5) is 5.69 Å². The lowest BCUT2D eigenvalue weighted by Gasteiger charge is -2.12. The second-order valence-electron chi connectivity index (χ2n) is 7.65. The topological polar surface area (TPSA) is 104 Å². The molecule has 162 valence electrons. The number of hydrogen-bond donors (Lipinski definition) is 2. The van der Waals surface area contributed by atoms with Crippen molar-refractivity contribution < 1.29 is 18.7 Å². The molecule has 1 aliphatic rings. The van der Waals surface area contributed by atoms with E-state index in [1.54, 1.807) is 60.7 Å². The van der Waals surface area contributed by atoms with E-state index in [1.807, 2.05) is 0 Å². The number of ether oxygens (including phenoxy) is 1. The predicted octanol–water partition coefficient (Wildman–Crippen LogP) is 4.65. The van der Waals surface area contributed by atoms with E-state index in [0.717, 1.165) is 25.7 Å². The van der Waals surface area contributed by atoms with Crippen molar-refractivity contribution in [2.45, 2.75) is 38.3 Å². The zero-order valence-electron chi connectivity index (χ0n) is 17.5. The number of amides is 2. The van der Waals surface area contributed by atoms with Gasteiger partial charge in [0, 0.05) is 17.3 Å². The van der Waals surface area contributed by atoms with Crippen molar-refractivity contribution in [3.05, 3.63) is 83.3 Å². The molecule has 1 heterocycles. The fraction of sp³-hybridized carbons (Fsp3) is 0.240. The summed E-state index contributed by atoms with van der Waals surface area (Å²) in [5.41, 5.74) is 1.55. The molecule has 4 rings (SSSR count). The zero-order valence-corrected chi connectivity index (χ0v) is 17.5. The Morgan fingerprint density at radius 3 is 2.50 bits per heavy atom. The highest BCUT2D eigenvalue weighted by Crippen LogP contribution is 2.20. The van der Waals surface area contributed by atoms with Gasteiger partial charge in [-0.3, -0.25) is 9.59 Å². The summed E-state index contributed by atoms with van der Waals surface area (Å²) in [7, 11) is 0. The Labute approximate surface area is 186 Å². The molecule has 0 spiro atoms. The van der Waals surface area contributed by atoms with Crippen LogP contribution in [0.5, 0.6) is 5.75 Å². The molecule has 7 nitrogen and oxygen atoms in total. The van der Waals surface area contributed by atoms with Gasteiger partial charge < -0.3 is 19.8 Å². The van der Waals surface area contributed by atoms with E-state index in [9.17, 15) is 9.59 Å². The number of furan rings is 1. The number of para-hydroxylation sites is 1. The highest BCUT2D eigenvalue weighted by molar-refractivity contribution is 6.02. The largest absolute Gasteiger partial charge is 0.484 e. The van der Waals surface area contributed by atoms with Gasteiger partial charge in [0.05, 0.1) is 5.56 Å². The smallest absolute Gasteiger partial charge is 0.291 e. The fourth-order valence-electron chi connectivity index (χ4n) is 3.65. The molecule has 0 atom stereocenters. The lowest BCUT2D eigenvalue weighted by Crippen LogP contribution is -2.32. The van der Waals surface area contributed by atoms with E-state index in [2.05, 4.69) is 16.7 Å². The molecular weight excluding hydrogens is 406 g/mol. The summed E-state index contributed by atoms with van der Waals surface area (Å²) < 4.78 is 11.2. The van der Waals surface area contributed by atoms with Crippen molar-refractivity contribution in [1.82, 2.24) is 5.32 Å². The first-order valence-corrected chi connectivity index (χ1v) is 10.6. The molecular formula is C25H23N3O4. The minimum Gasteiger partial charge on any atom is -0.484 e. The highest BCUT2D eigenvalue weighted by atomic mass is 16.5. The van der Waals surface area contributed by atoms with Crippen LogP contribution in [-0.2, 0) is 6.61 Å². The first-order chi connectivity index (χ1) is 15.6. The van der Waals surface area contributed by atoms with Crippen LogP contribution in [0.1, 0.15) is 57.9 Å². The maximum absolute atomic E-state index is 12.5. The van der Waals surface area contributed by atoms with E-state index >= 15 is 0 Å². The Balaban J connectivity index is 1.31. The van der Waals surface area contributed by atoms with Crippen molar-refractivity contribution in [2.24, 2.45) is 0 Å². The third-order valence-electron chi connectivity index (χ3n) is 5.36. The Hall–Kier alpha value is -4.05. The van der Waals surface area contributed by atoms with Gasteiger partial charge in [-0.05, 0) is 61.4 Å². The summed E-state index contributed by atoms with van der Waals surface area (Å²) >= 11 is 0. The van der Waals surface area contributed by atoms with E-state index < -0.39 is 5.91 Å². The van der Waals surface area contributed by atoms with Gasteiger partial charge in [0.25, 0.3) is 11.8 Å². The van der Waals surface area contributed by atoms with Crippen LogP contribution in [0, 0.1) is 11.3 Å². The molecule has 0 unspecified atom stereocenters. The van der Waals surface area contributed by atoms with E-state index in [1.165, 1.54) is 0 Å². The van der Waals surface area contributed by atoms with Crippen molar-refractivity contribution in [1.29, 1.82) is 5.26 Å². The molecule has 1 aliphatic carbocycles. The van der Waals surface area contributed by atoms with Gasteiger partial charge in [-0.1, -0.05) is 25.0 Å². The standard InChI is InChI=1S/C25H23N3O4/c26-15-18-5-1-4-8-22(18)31-16-21-13-14-23(32-21)25(30)28-20-11-9-17(10-12-20)24(29)27-19-6-2-3-7-19/h1,4-5,8-14,19H,2-3,6-7,16H2,(H,27,29)(H,28,30). The third kappa shape index (κ3) is 5.16. The molecule has 2 aromatic carbocycles. The summed E-state index contributed by atoms with van der Waals surface area (Å²) in [5.74, 6) is 0.553. The van der Waals surface area contributed by atoms with Gasteiger partial charge in [0.1, 0.15) is 24.2 Å². The normalized spacial score (nSPS) is 13.3. The number of nitriles is 1. The lowest BCUT2D eigenvalue weighted by atomic mass is 10.1. The lowest BCUT2D eigenvalue weighted by molar-refractivity contribution is 0.0937. The molecule has 0 aliphatic heterocycles. The molecule has 2 N–H and O–H groups in total. The number of benzene rings is 2. The first-order valence-electron chi connectivity index (χ1n) is 10.6. The van der Waals surface area contributed by atoms with Gasteiger partial charge in [-0.2, -0.15) is 5.26 Å². The summed E-state index contributed by atoms with van der Waals surface area (Å²) in [6.45, 7) is 0.0940. The maximum atomic E-state index is 12.5. The number of rotatable bonds is 7. The van der Waals surface area contributed by atoms with Crippen molar-refractivity contribution in [3.8, 4) is 11.8 Å². The Bertz CT molecular complexity index is 1140. The average Bonchev–Trinajstić information content (AvgIpc) is 3.50. The van der Waals surface area contributed by atoms with Crippen LogP contribution >= 0.6 is 0 Å². The molecule has 1 saturated carbocycles. The third-order valence-corrected chi connectivity index (χ3v) is 5.36. The molecule has 1 fully saturated rings. The van der Waals surface area contributed by atoms with Crippen LogP contribution < -0.4 is 15.4 Å². The fourth-order valence-corrected chi connectivity index (χ4v) is 3.65. The number of carbonyl (C=O) groups is 2. The second kappa shape index (κ2) is 9.84.